The van der Waals surface area contributed by atoms with Crippen LogP contribution in [0.3, 0.4) is 0 Å². The number of hydrogen-bond acceptors (Lipinski definition) is 6. The first-order valence-electron chi connectivity index (χ1n) is 13.0. The van der Waals surface area contributed by atoms with Crippen LogP contribution in [0.1, 0.15) is 32.1 Å². The molecule has 6 heteroatoms. The zero-order chi connectivity index (χ0) is 20.5. The molecule has 0 aromatic heterocycles. The van der Waals surface area contributed by atoms with E-state index in [1.165, 1.54) is 19.3 Å². The van der Waals surface area contributed by atoms with Crippen LogP contribution in [-0.4, -0.2) is 77.3 Å². The summed E-state index contributed by atoms with van der Waals surface area (Å²) in [5, 5.41) is 0. The molecule has 5 saturated carbocycles. The molecule has 4 bridgehead atoms. The second kappa shape index (κ2) is 7.64. The largest absolute Gasteiger partial charge is 0.379 e. The summed E-state index contributed by atoms with van der Waals surface area (Å²) in [5.74, 6) is 7.48. The van der Waals surface area contributed by atoms with E-state index in [0.29, 0.717) is 52.9 Å². The maximum Gasteiger partial charge on any atom is 0.0760 e. The van der Waals surface area contributed by atoms with Crippen LogP contribution in [0.2, 0.25) is 0 Å². The molecule has 5 aliphatic carbocycles. The zero-order valence-electron chi connectivity index (χ0n) is 18.7. The molecule has 3 heterocycles. The lowest BCUT2D eigenvalue weighted by atomic mass is 9.53. The molecular formula is C25H38O6. The van der Waals surface area contributed by atoms with Gasteiger partial charge in [0.15, 0.2) is 0 Å². The van der Waals surface area contributed by atoms with Gasteiger partial charge in [-0.1, -0.05) is 0 Å². The third-order valence-corrected chi connectivity index (χ3v) is 10.3. The van der Waals surface area contributed by atoms with Crippen molar-refractivity contribution in [2.45, 2.75) is 43.3 Å². The standard InChI is InChI=1S/C25H38O6/c1-3-24-20-16-15-17-19-18(16)22(24)23(19)25(31-24,21(17)20)4-2-6-27-8-10-29-12-14-30-13-11-28-9-7-26-5-1/h16-23H,1-15H2. The molecule has 0 aromatic carbocycles. The van der Waals surface area contributed by atoms with E-state index in [0.717, 1.165) is 73.4 Å². The Bertz CT molecular complexity index is 629. The van der Waals surface area contributed by atoms with Gasteiger partial charge in [-0.3, -0.25) is 0 Å². The second-order valence-corrected chi connectivity index (χ2v) is 11.1. The van der Waals surface area contributed by atoms with Crippen molar-refractivity contribution >= 4 is 0 Å². The lowest BCUT2D eigenvalue weighted by molar-refractivity contribution is -0.0862. The SMILES string of the molecule is C1COCCOCCOCCOCCOCCCC23OC4(C1)C1C5CC(C6C5C4C62)C13. The van der Waals surface area contributed by atoms with Crippen molar-refractivity contribution in [3.63, 3.8) is 0 Å². The van der Waals surface area contributed by atoms with Gasteiger partial charge in [0.05, 0.1) is 64.1 Å². The summed E-state index contributed by atoms with van der Waals surface area (Å²) in [6.45, 7) is 6.75. The Morgan fingerprint density at radius 1 is 0.452 bits per heavy atom. The minimum Gasteiger partial charge on any atom is -0.379 e. The average molecular weight is 435 g/mol. The van der Waals surface area contributed by atoms with Crippen molar-refractivity contribution < 1.29 is 28.4 Å². The van der Waals surface area contributed by atoms with Crippen LogP contribution < -0.4 is 0 Å². The monoisotopic (exact) mass is 434 g/mol. The van der Waals surface area contributed by atoms with Gasteiger partial charge < -0.3 is 28.4 Å². The van der Waals surface area contributed by atoms with Gasteiger partial charge in [0.25, 0.3) is 0 Å². The van der Waals surface area contributed by atoms with Crippen LogP contribution >= 0.6 is 0 Å². The maximum absolute atomic E-state index is 7.28. The van der Waals surface area contributed by atoms with Gasteiger partial charge in [-0.25, -0.2) is 0 Å². The normalized spacial score (nSPS) is 56.5. The van der Waals surface area contributed by atoms with Crippen molar-refractivity contribution in [2.75, 3.05) is 66.1 Å². The molecule has 10 unspecified atom stereocenters. The summed E-state index contributed by atoms with van der Waals surface area (Å²) in [4.78, 5) is 0. The molecule has 6 nitrogen and oxygen atoms in total. The molecule has 0 amide bonds. The van der Waals surface area contributed by atoms with Crippen LogP contribution in [-0.2, 0) is 28.4 Å². The molecule has 8 rings (SSSR count). The van der Waals surface area contributed by atoms with Gasteiger partial charge >= 0.3 is 0 Å². The second-order valence-electron chi connectivity index (χ2n) is 11.1. The summed E-state index contributed by atoms with van der Waals surface area (Å²) in [7, 11) is 0. The van der Waals surface area contributed by atoms with E-state index in [1.807, 2.05) is 0 Å². The van der Waals surface area contributed by atoms with E-state index in [9.17, 15) is 0 Å². The molecule has 0 aromatic rings. The zero-order valence-corrected chi connectivity index (χ0v) is 18.7. The molecule has 8 aliphatic rings. The van der Waals surface area contributed by atoms with Gasteiger partial charge in [-0.15, -0.1) is 0 Å². The van der Waals surface area contributed by atoms with E-state index < -0.39 is 0 Å². The molecule has 0 radical (unpaired) electrons. The van der Waals surface area contributed by atoms with E-state index in [4.69, 9.17) is 28.4 Å². The highest BCUT2D eigenvalue weighted by atomic mass is 16.6. The van der Waals surface area contributed by atoms with Crippen molar-refractivity contribution in [2.24, 2.45) is 47.3 Å². The Labute approximate surface area is 185 Å². The molecule has 3 saturated heterocycles. The predicted octanol–water partition coefficient (Wildman–Crippen LogP) is 2.54. The Hall–Kier alpha value is -0.240. The molecule has 31 heavy (non-hydrogen) atoms. The van der Waals surface area contributed by atoms with Crippen LogP contribution in [0.4, 0.5) is 0 Å². The fourth-order valence-electron chi connectivity index (χ4n) is 10.2. The first kappa shape index (κ1) is 20.2. The summed E-state index contributed by atoms with van der Waals surface area (Å²) >= 11 is 0. The van der Waals surface area contributed by atoms with Crippen molar-refractivity contribution in [1.29, 1.82) is 0 Å². The highest BCUT2D eigenvalue weighted by Gasteiger charge is 2.96. The predicted molar refractivity (Wildman–Crippen MR) is 112 cm³/mol. The number of ether oxygens (including phenoxy) is 6. The number of rotatable bonds is 0. The highest BCUT2D eigenvalue weighted by Crippen LogP contribution is 2.94. The summed E-state index contributed by atoms with van der Waals surface area (Å²) in [6, 6.07) is 0. The molecular weight excluding hydrogens is 396 g/mol. The average Bonchev–Trinajstić information content (AvgIpc) is 3.42. The minimum absolute atomic E-state index is 0.204. The van der Waals surface area contributed by atoms with Crippen molar-refractivity contribution in [1.82, 2.24) is 0 Å². The van der Waals surface area contributed by atoms with E-state index in [-0.39, 0.29) is 11.2 Å². The molecule has 0 N–H and O–H groups in total. The molecule has 8 fully saturated rings. The Kier molecular flexibility index (Phi) is 4.97. The Morgan fingerprint density at radius 2 is 0.839 bits per heavy atom. The van der Waals surface area contributed by atoms with Crippen LogP contribution in [0.15, 0.2) is 0 Å². The molecule has 10 atom stereocenters. The van der Waals surface area contributed by atoms with Crippen LogP contribution in [0.25, 0.3) is 0 Å². The Morgan fingerprint density at radius 3 is 1.26 bits per heavy atom. The lowest BCUT2D eigenvalue weighted by Gasteiger charge is -2.48. The van der Waals surface area contributed by atoms with Crippen molar-refractivity contribution in [3.8, 4) is 0 Å². The summed E-state index contributed by atoms with van der Waals surface area (Å²) in [5.41, 5.74) is 0.407. The fourth-order valence-corrected chi connectivity index (χ4v) is 10.2. The van der Waals surface area contributed by atoms with Gasteiger partial charge in [-0.05, 0) is 79.4 Å². The summed E-state index contributed by atoms with van der Waals surface area (Å²) < 4.78 is 35.8. The van der Waals surface area contributed by atoms with Gasteiger partial charge in [-0.2, -0.15) is 0 Å². The maximum atomic E-state index is 7.28. The van der Waals surface area contributed by atoms with Gasteiger partial charge in [0, 0.05) is 13.2 Å². The van der Waals surface area contributed by atoms with E-state index >= 15 is 0 Å². The molecule has 2 spiro atoms. The van der Waals surface area contributed by atoms with Gasteiger partial charge in [0.2, 0.25) is 0 Å². The number of hydrogen-bond donors (Lipinski definition) is 0. The van der Waals surface area contributed by atoms with Gasteiger partial charge in [0.1, 0.15) is 0 Å². The fraction of sp³-hybridized carbons (Fsp3) is 1.00. The van der Waals surface area contributed by atoms with Crippen molar-refractivity contribution in [3.05, 3.63) is 0 Å². The minimum atomic E-state index is 0.204. The Balaban J connectivity index is 1.02. The molecule has 3 aliphatic heterocycles. The molecule has 174 valence electrons. The topological polar surface area (TPSA) is 55.4 Å². The lowest BCUT2D eigenvalue weighted by Crippen LogP contribution is -2.51. The third kappa shape index (κ3) is 2.61. The van der Waals surface area contributed by atoms with Crippen LogP contribution in [0, 0.1) is 47.3 Å². The quantitative estimate of drug-likeness (QED) is 0.584. The van der Waals surface area contributed by atoms with E-state index in [2.05, 4.69) is 0 Å². The first-order valence-corrected chi connectivity index (χ1v) is 13.0. The highest BCUT2D eigenvalue weighted by molar-refractivity contribution is 5.43. The van der Waals surface area contributed by atoms with E-state index in [1.54, 1.807) is 0 Å². The third-order valence-electron chi connectivity index (χ3n) is 10.3. The smallest absolute Gasteiger partial charge is 0.0760 e. The first-order chi connectivity index (χ1) is 15.4. The summed E-state index contributed by atoms with van der Waals surface area (Å²) in [6.07, 6.45) is 6.21. The van der Waals surface area contributed by atoms with Crippen LogP contribution in [0.5, 0.6) is 0 Å².